The zero-order valence-electron chi connectivity index (χ0n) is 10.3. The van der Waals surface area contributed by atoms with Gasteiger partial charge in [0.25, 0.3) is 0 Å². The number of nitrogens with two attached hydrogens (primary N) is 1. The van der Waals surface area contributed by atoms with Crippen LogP contribution in [-0.2, 0) is 0 Å². The van der Waals surface area contributed by atoms with Crippen LogP contribution in [0.25, 0.3) is 0 Å². The average Bonchev–Trinajstić information content (AvgIpc) is 2.74. The fourth-order valence-corrected chi connectivity index (χ4v) is 2.71. The van der Waals surface area contributed by atoms with Crippen molar-refractivity contribution in [3.63, 3.8) is 0 Å². The van der Waals surface area contributed by atoms with Gasteiger partial charge in [-0.1, -0.05) is 5.16 Å². The van der Waals surface area contributed by atoms with Crippen molar-refractivity contribution in [1.29, 1.82) is 0 Å². The first-order valence-corrected chi connectivity index (χ1v) is 6.02. The Morgan fingerprint density at radius 1 is 1.44 bits per heavy atom. The number of aryl methyl sites for hydroxylation is 2. The Labute approximate surface area is 96.6 Å². The van der Waals surface area contributed by atoms with E-state index in [1.165, 1.54) is 12.0 Å². The van der Waals surface area contributed by atoms with Gasteiger partial charge in [-0.05, 0) is 40.0 Å². The molecule has 3 unspecified atom stereocenters. The van der Waals surface area contributed by atoms with Crippen molar-refractivity contribution >= 4 is 0 Å². The van der Waals surface area contributed by atoms with Gasteiger partial charge in [0.05, 0.1) is 5.69 Å². The van der Waals surface area contributed by atoms with Gasteiger partial charge in [0.15, 0.2) is 0 Å². The van der Waals surface area contributed by atoms with E-state index < -0.39 is 0 Å². The first-order chi connectivity index (χ1) is 7.58. The first kappa shape index (κ1) is 11.6. The summed E-state index contributed by atoms with van der Waals surface area (Å²) >= 11 is 0. The van der Waals surface area contributed by atoms with Crippen molar-refractivity contribution in [2.75, 3.05) is 0 Å². The number of rotatable bonds is 3. The molecule has 2 rings (SSSR count). The summed E-state index contributed by atoms with van der Waals surface area (Å²) in [7, 11) is 0. The molecule has 0 amide bonds. The molecule has 3 atom stereocenters. The van der Waals surface area contributed by atoms with Crippen LogP contribution in [0.2, 0.25) is 0 Å². The lowest BCUT2D eigenvalue weighted by Crippen LogP contribution is -2.31. The summed E-state index contributed by atoms with van der Waals surface area (Å²) in [4.78, 5) is 0. The minimum Gasteiger partial charge on any atom is -0.361 e. The second-order valence-corrected chi connectivity index (χ2v) is 4.90. The van der Waals surface area contributed by atoms with Crippen molar-refractivity contribution in [2.45, 2.75) is 58.2 Å². The minimum absolute atomic E-state index is 0.293. The topological polar surface area (TPSA) is 64.1 Å². The van der Waals surface area contributed by atoms with Gasteiger partial charge >= 0.3 is 0 Å². The van der Waals surface area contributed by atoms with Crippen LogP contribution in [0.4, 0.5) is 0 Å². The normalized spacial score (nSPS) is 27.2. The third-order valence-corrected chi connectivity index (χ3v) is 3.48. The van der Waals surface area contributed by atoms with Crippen molar-refractivity contribution in [1.82, 2.24) is 10.5 Å². The molecular formula is C12H21N3O. The van der Waals surface area contributed by atoms with Gasteiger partial charge < -0.3 is 15.6 Å². The third kappa shape index (κ3) is 2.28. The molecule has 90 valence electrons. The molecule has 1 heterocycles. The van der Waals surface area contributed by atoms with E-state index >= 15 is 0 Å². The van der Waals surface area contributed by atoms with Gasteiger partial charge in [0.1, 0.15) is 5.76 Å². The second-order valence-electron chi connectivity index (χ2n) is 4.90. The van der Waals surface area contributed by atoms with Crippen molar-refractivity contribution in [2.24, 2.45) is 5.73 Å². The molecule has 1 aromatic rings. The zero-order valence-corrected chi connectivity index (χ0v) is 10.3. The van der Waals surface area contributed by atoms with Crippen molar-refractivity contribution in [3.05, 3.63) is 17.0 Å². The standard InChI is InChI=1S/C12H21N3O/c1-7(12-8(2)15-16-9(12)3)14-11-5-4-10(13)6-11/h7,10-11,14H,4-6,13H2,1-3H3. The van der Waals surface area contributed by atoms with Gasteiger partial charge in [-0.3, -0.25) is 0 Å². The van der Waals surface area contributed by atoms with Gasteiger partial charge in [0.2, 0.25) is 0 Å². The van der Waals surface area contributed by atoms with E-state index in [0.29, 0.717) is 18.1 Å². The largest absolute Gasteiger partial charge is 0.361 e. The van der Waals surface area contributed by atoms with E-state index in [1.54, 1.807) is 0 Å². The molecule has 1 saturated carbocycles. The minimum atomic E-state index is 0.293. The quantitative estimate of drug-likeness (QED) is 0.820. The van der Waals surface area contributed by atoms with Crippen LogP contribution in [0.3, 0.4) is 0 Å². The Bertz CT molecular complexity index is 342. The number of hydrogen-bond acceptors (Lipinski definition) is 4. The number of nitrogens with one attached hydrogen (secondary N) is 1. The molecule has 0 spiro atoms. The Hall–Kier alpha value is -0.870. The van der Waals surface area contributed by atoms with Crippen molar-refractivity contribution < 1.29 is 4.52 Å². The Kier molecular flexibility index (Phi) is 3.30. The fourth-order valence-electron chi connectivity index (χ4n) is 2.71. The van der Waals surface area contributed by atoms with Crippen LogP contribution in [0, 0.1) is 13.8 Å². The highest BCUT2D eigenvalue weighted by molar-refractivity contribution is 5.24. The van der Waals surface area contributed by atoms with Crippen LogP contribution in [0.5, 0.6) is 0 Å². The maximum absolute atomic E-state index is 5.91. The maximum Gasteiger partial charge on any atom is 0.138 e. The molecular weight excluding hydrogens is 202 g/mol. The summed E-state index contributed by atoms with van der Waals surface area (Å²) in [5, 5.41) is 7.60. The van der Waals surface area contributed by atoms with Crippen LogP contribution in [0.1, 0.15) is 49.2 Å². The van der Waals surface area contributed by atoms with E-state index in [-0.39, 0.29) is 0 Å². The molecule has 1 aliphatic carbocycles. The smallest absolute Gasteiger partial charge is 0.138 e. The predicted octanol–water partition coefficient (Wildman–Crippen LogP) is 1.82. The summed E-state index contributed by atoms with van der Waals surface area (Å²) in [6.45, 7) is 6.12. The summed E-state index contributed by atoms with van der Waals surface area (Å²) in [5.74, 6) is 0.916. The van der Waals surface area contributed by atoms with Crippen LogP contribution < -0.4 is 11.1 Å². The lowest BCUT2D eigenvalue weighted by atomic mass is 10.1. The van der Waals surface area contributed by atoms with E-state index in [0.717, 1.165) is 24.3 Å². The summed E-state index contributed by atoms with van der Waals surface area (Å²) < 4.78 is 5.19. The van der Waals surface area contributed by atoms with E-state index in [4.69, 9.17) is 10.3 Å². The Balaban J connectivity index is 2.00. The van der Waals surface area contributed by atoms with Gasteiger partial charge in [0, 0.05) is 23.7 Å². The molecule has 0 aromatic carbocycles. The number of aromatic nitrogens is 1. The molecule has 0 radical (unpaired) electrons. The molecule has 1 fully saturated rings. The summed E-state index contributed by atoms with van der Waals surface area (Å²) in [5.41, 5.74) is 8.09. The zero-order chi connectivity index (χ0) is 11.7. The fraction of sp³-hybridized carbons (Fsp3) is 0.750. The third-order valence-electron chi connectivity index (χ3n) is 3.48. The van der Waals surface area contributed by atoms with Crippen molar-refractivity contribution in [3.8, 4) is 0 Å². The van der Waals surface area contributed by atoms with E-state index in [2.05, 4.69) is 17.4 Å². The van der Waals surface area contributed by atoms with Crippen LogP contribution >= 0.6 is 0 Å². The summed E-state index contributed by atoms with van der Waals surface area (Å²) in [6, 6.07) is 1.20. The molecule has 0 saturated heterocycles. The lowest BCUT2D eigenvalue weighted by molar-refractivity contribution is 0.388. The number of nitrogens with zero attached hydrogens (tertiary/aromatic N) is 1. The lowest BCUT2D eigenvalue weighted by Gasteiger charge is -2.19. The van der Waals surface area contributed by atoms with Crippen LogP contribution in [-0.4, -0.2) is 17.2 Å². The molecule has 0 bridgehead atoms. The van der Waals surface area contributed by atoms with Crippen LogP contribution in [0.15, 0.2) is 4.52 Å². The van der Waals surface area contributed by atoms with Gasteiger partial charge in [-0.25, -0.2) is 0 Å². The first-order valence-electron chi connectivity index (χ1n) is 6.02. The molecule has 3 N–H and O–H groups in total. The molecule has 16 heavy (non-hydrogen) atoms. The van der Waals surface area contributed by atoms with E-state index in [9.17, 15) is 0 Å². The molecule has 1 aromatic heterocycles. The second kappa shape index (κ2) is 4.55. The highest BCUT2D eigenvalue weighted by atomic mass is 16.5. The summed E-state index contributed by atoms with van der Waals surface area (Å²) in [6.07, 6.45) is 3.38. The van der Waals surface area contributed by atoms with Gasteiger partial charge in [-0.2, -0.15) is 0 Å². The SMILES string of the molecule is Cc1noc(C)c1C(C)NC1CCC(N)C1. The predicted molar refractivity (Wildman–Crippen MR) is 63.1 cm³/mol. The molecule has 0 aliphatic heterocycles. The Morgan fingerprint density at radius 3 is 2.69 bits per heavy atom. The van der Waals surface area contributed by atoms with Gasteiger partial charge in [-0.15, -0.1) is 0 Å². The monoisotopic (exact) mass is 223 g/mol. The highest BCUT2D eigenvalue weighted by Crippen LogP contribution is 2.25. The van der Waals surface area contributed by atoms with E-state index in [1.807, 2.05) is 13.8 Å². The molecule has 1 aliphatic rings. The molecule has 4 nitrogen and oxygen atoms in total. The maximum atomic E-state index is 5.91. The Morgan fingerprint density at radius 2 is 2.19 bits per heavy atom. The molecule has 4 heteroatoms. The number of hydrogen-bond donors (Lipinski definition) is 2. The highest BCUT2D eigenvalue weighted by Gasteiger charge is 2.25. The average molecular weight is 223 g/mol.